The highest BCUT2D eigenvalue weighted by atomic mass is 16.5. The number of rotatable bonds is 1. The molecule has 1 saturated heterocycles. The zero-order chi connectivity index (χ0) is 9.30. The Morgan fingerprint density at radius 2 is 1.67 bits per heavy atom. The molecule has 0 amide bonds. The fourth-order valence-corrected chi connectivity index (χ4v) is 1.29. The predicted molar refractivity (Wildman–Crippen MR) is 39.4 cm³/mol. The van der Waals surface area contributed by atoms with Gasteiger partial charge < -0.3 is 25.2 Å². The zero-order valence-corrected chi connectivity index (χ0v) is 6.79. The minimum Gasteiger partial charge on any atom is -0.394 e. The number of hydrogen-bond acceptors (Lipinski definition) is 5. The first-order valence-corrected chi connectivity index (χ1v) is 3.88. The van der Waals surface area contributed by atoms with Gasteiger partial charge in [0.25, 0.3) is 0 Å². The van der Waals surface area contributed by atoms with Gasteiger partial charge in [0.05, 0.1) is 12.7 Å². The minimum absolute atomic E-state index is 0.366. The lowest BCUT2D eigenvalue weighted by molar-refractivity contribution is -0.224. The molecule has 5 atom stereocenters. The van der Waals surface area contributed by atoms with E-state index in [9.17, 15) is 15.3 Å². The quantitative estimate of drug-likeness (QED) is 0.367. The first-order valence-electron chi connectivity index (χ1n) is 3.88. The van der Waals surface area contributed by atoms with E-state index in [0.717, 1.165) is 0 Å². The van der Waals surface area contributed by atoms with E-state index >= 15 is 0 Å². The lowest BCUT2D eigenvalue weighted by Crippen LogP contribution is -2.57. The molecule has 1 heterocycles. The smallest absolute Gasteiger partial charge is 0.111 e. The van der Waals surface area contributed by atoms with Crippen molar-refractivity contribution in [2.45, 2.75) is 37.4 Å². The molecule has 0 aromatic rings. The van der Waals surface area contributed by atoms with Gasteiger partial charge in [0, 0.05) is 0 Å². The number of hydrogen-bond donors (Lipinski definition) is 4. The lowest BCUT2D eigenvalue weighted by Gasteiger charge is -2.38. The molecular formula is C7H14O5. The maximum atomic E-state index is 9.23. The summed E-state index contributed by atoms with van der Waals surface area (Å²) in [5, 5.41) is 36.4. The molecule has 0 aromatic carbocycles. The van der Waals surface area contributed by atoms with Gasteiger partial charge in [0.15, 0.2) is 0 Å². The Hall–Kier alpha value is -0.200. The summed E-state index contributed by atoms with van der Waals surface area (Å²) in [7, 11) is 0. The normalized spacial score (nSPS) is 49.2. The van der Waals surface area contributed by atoms with Crippen LogP contribution in [0.5, 0.6) is 0 Å². The van der Waals surface area contributed by atoms with Crippen molar-refractivity contribution in [2.24, 2.45) is 0 Å². The van der Waals surface area contributed by atoms with Crippen LogP contribution in [-0.4, -0.2) is 57.6 Å². The molecule has 0 spiro atoms. The van der Waals surface area contributed by atoms with Gasteiger partial charge in [-0.1, -0.05) is 0 Å². The van der Waals surface area contributed by atoms with Crippen molar-refractivity contribution in [2.75, 3.05) is 6.61 Å². The zero-order valence-electron chi connectivity index (χ0n) is 6.79. The van der Waals surface area contributed by atoms with Crippen LogP contribution >= 0.6 is 0 Å². The lowest BCUT2D eigenvalue weighted by atomic mass is 9.96. The SMILES string of the molecule is C[C@@H]1O[C@H](CO)[C@H](O)[C@H](O)[C@H]1O. The molecule has 0 unspecified atom stereocenters. The van der Waals surface area contributed by atoms with Crippen molar-refractivity contribution in [1.82, 2.24) is 0 Å². The van der Waals surface area contributed by atoms with E-state index in [1.54, 1.807) is 6.92 Å². The van der Waals surface area contributed by atoms with Gasteiger partial charge in [-0.15, -0.1) is 0 Å². The second-order valence-corrected chi connectivity index (χ2v) is 3.03. The van der Waals surface area contributed by atoms with Crippen LogP contribution in [0, 0.1) is 0 Å². The molecule has 1 rings (SSSR count). The molecule has 1 aliphatic rings. The second kappa shape index (κ2) is 3.68. The third-order valence-corrected chi connectivity index (χ3v) is 2.13. The Balaban J connectivity index is 2.63. The van der Waals surface area contributed by atoms with Crippen LogP contribution in [0.15, 0.2) is 0 Å². The fraction of sp³-hybridized carbons (Fsp3) is 1.00. The summed E-state index contributed by atoms with van der Waals surface area (Å²) in [6.45, 7) is 1.21. The molecule has 0 radical (unpaired) electrons. The van der Waals surface area contributed by atoms with Crippen LogP contribution in [0.4, 0.5) is 0 Å². The summed E-state index contributed by atoms with van der Waals surface area (Å²) in [6, 6.07) is 0. The predicted octanol–water partition coefficient (Wildman–Crippen LogP) is -2.15. The molecule has 0 aromatic heterocycles. The van der Waals surface area contributed by atoms with Gasteiger partial charge in [-0.25, -0.2) is 0 Å². The molecular weight excluding hydrogens is 164 g/mol. The molecule has 5 heteroatoms. The van der Waals surface area contributed by atoms with E-state index in [0.29, 0.717) is 0 Å². The van der Waals surface area contributed by atoms with Crippen molar-refractivity contribution in [3.05, 3.63) is 0 Å². The summed E-state index contributed by atoms with van der Waals surface area (Å²) >= 11 is 0. The largest absolute Gasteiger partial charge is 0.394 e. The molecule has 4 N–H and O–H groups in total. The van der Waals surface area contributed by atoms with E-state index in [4.69, 9.17) is 9.84 Å². The van der Waals surface area contributed by atoms with Crippen LogP contribution in [0.25, 0.3) is 0 Å². The number of aliphatic hydroxyl groups excluding tert-OH is 4. The fourth-order valence-electron chi connectivity index (χ4n) is 1.29. The highest BCUT2D eigenvalue weighted by Crippen LogP contribution is 2.20. The van der Waals surface area contributed by atoms with E-state index in [2.05, 4.69) is 0 Å². The Morgan fingerprint density at radius 3 is 2.17 bits per heavy atom. The maximum absolute atomic E-state index is 9.23. The van der Waals surface area contributed by atoms with Crippen LogP contribution < -0.4 is 0 Å². The standard InChI is InChI=1S/C7H14O5/c1-3-5(9)7(11)6(10)4(2-8)12-3/h3-11H,2H2,1H3/t3-,4+,5-,6-,7+/m0/s1. The number of ether oxygens (including phenoxy) is 1. The van der Waals surface area contributed by atoms with E-state index in [-0.39, 0.29) is 6.61 Å². The van der Waals surface area contributed by atoms with Crippen LogP contribution in [0.2, 0.25) is 0 Å². The van der Waals surface area contributed by atoms with Gasteiger partial charge in [0.2, 0.25) is 0 Å². The topological polar surface area (TPSA) is 90.2 Å². The van der Waals surface area contributed by atoms with Crippen molar-refractivity contribution >= 4 is 0 Å². The molecule has 0 bridgehead atoms. The van der Waals surface area contributed by atoms with Crippen molar-refractivity contribution < 1.29 is 25.2 Å². The Kier molecular flexibility index (Phi) is 3.03. The van der Waals surface area contributed by atoms with Gasteiger partial charge >= 0.3 is 0 Å². The summed E-state index contributed by atoms with van der Waals surface area (Å²) < 4.78 is 5.02. The Morgan fingerprint density at radius 1 is 1.08 bits per heavy atom. The van der Waals surface area contributed by atoms with E-state index < -0.39 is 30.5 Å². The van der Waals surface area contributed by atoms with E-state index in [1.165, 1.54) is 0 Å². The van der Waals surface area contributed by atoms with Crippen LogP contribution in [0.1, 0.15) is 6.92 Å². The van der Waals surface area contributed by atoms with Crippen molar-refractivity contribution in [3.63, 3.8) is 0 Å². The molecule has 1 aliphatic heterocycles. The van der Waals surface area contributed by atoms with Gasteiger partial charge in [-0.3, -0.25) is 0 Å². The Bertz CT molecular complexity index is 146. The molecule has 0 saturated carbocycles. The second-order valence-electron chi connectivity index (χ2n) is 3.03. The minimum atomic E-state index is -1.24. The molecule has 12 heavy (non-hydrogen) atoms. The van der Waals surface area contributed by atoms with Gasteiger partial charge in [-0.2, -0.15) is 0 Å². The molecule has 1 fully saturated rings. The summed E-state index contributed by atoms with van der Waals surface area (Å²) in [4.78, 5) is 0. The summed E-state index contributed by atoms with van der Waals surface area (Å²) in [5.41, 5.74) is 0. The molecule has 5 nitrogen and oxygen atoms in total. The average Bonchev–Trinajstić information content (AvgIpc) is 2.08. The van der Waals surface area contributed by atoms with Gasteiger partial charge in [0.1, 0.15) is 24.4 Å². The van der Waals surface area contributed by atoms with Crippen molar-refractivity contribution in [3.8, 4) is 0 Å². The van der Waals surface area contributed by atoms with Crippen LogP contribution in [-0.2, 0) is 4.74 Å². The third-order valence-electron chi connectivity index (χ3n) is 2.13. The first-order chi connectivity index (χ1) is 5.57. The van der Waals surface area contributed by atoms with Crippen LogP contribution in [0.3, 0.4) is 0 Å². The number of aliphatic hydroxyl groups is 4. The molecule has 72 valence electrons. The molecule has 0 aliphatic carbocycles. The average molecular weight is 178 g/mol. The monoisotopic (exact) mass is 178 g/mol. The Labute approximate surface area is 70.2 Å². The van der Waals surface area contributed by atoms with Gasteiger partial charge in [-0.05, 0) is 6.92 Å². The highest BCUT2D eigenvalue weighted by Gasteiger charge is 2.41. The highest BCUT2D eigenvalue weighted by molar-refractivity contribution is 4.89. The van der Waals surface area contributed by atoms with E-state index in [1.807, 2.05) is 0 Å². The summed E-state index contributed by atoms with van der Waals surface area (Å²) in [5.74, 6) is 0. The summed E-state index contributed by atoms with van der Waals surface area (Å²) in [6.07, 6.45) is -4.94. The first kappa shape index (κ1) is 9.88. The third kappa shape index (κ3) is 1.60. The maximum Gasteiger partial charge on any atom is 0.111 e. The van der Waals surface area contributed by atoms with Crippen molar-refractivity contribution in [1.29, 1.82) is 0 Å².